The van der Waals surface area contributed by atoms with Crippen molar-refractivity contribution in [3.63, 3.8) is 0 Å². The Labute approximate surface area is 139 Å². The lowest BCUT2D eigenvalue weighted by atomic mass is 10.1. The number of hydrogen-bond donors (Lipinski definition) is 2. The largest absolute Gasteiger partial charge is 0.480 e. The number of carbonyl (C=O) groups excluding carboxylic acids is 1. The van der Waals surface area contributed by atoms with E-state index in [0.29, 0.717) is 25.1 Å². The number of rotatable bonds is 6. The number of carboxylic acids is 1. The Morgan fingerprint density at radius 3 is 2.67 bits per heavy atom. The number of aromatic nitrogens is 1. The number of nitrogens with zero attached hydrogens (tertiary/aromatic N) is 2. The predicted octanol–water partition coefficient (Wildman–Crippen LogP) is 1.41. The summed E-state index contributed by atoms with van der Waals surface area (Å²) in [6.07, 6.45) is 3.76. The van der Waals surface area contributed by atoms with Crippen molar-refractivity contribution in [1.82, 2.24) is 15.2 Å². The minimum absolute atomic E-state index is 0.183. The zero-order chi connectivity index (χ0) is 16.9. The molecule has 1 fully saturated rings. The maximum Gasteiger partial charge on any atom is 0.320 e. The van der Waals surface area contributed by atoms with E-state index < -0.39 is 18.1 Å². The van der Waals surface area contributed by atoms with Crippen LogP contribution < -0.4 is 5.32 Å². The van der Waals surface area contributed by atoms with Crippen molar-refractivity contribution >= 4 is 11.9 Å². The molecular formula is C17H19N3O4. The van der Waals surface area contributed by atoms with Crippen LogP contribution in [0.3, 0.4) is 0 Å². The maximum absolute atomic E-state index is 12.5. The van der Waals surface area contributed by atoms with Crippen molar-refractivity contribution in [3.8, 4) is 0 Å². The van der Waals surface area contributed by atoms with Gasteiger partial charge in [0.15, 0.2) is 6.39 Å². The van der Waals surface area contributed by atoms with E-state index in [1.165, 1.54) is 12.7 Å². The number of carboxylic acid groups (broad SMARTS) is 1. The van der Waals surface area contributed by atoms with Crippen LogP contribution in [0.5, 0.6) is 0 Å². The Kier molecular flexibility index (Phi) is 4.90. The highest BCUT2D eigenvalue weighted by molar-refractivity contribution is 5.84. The lowest BCUT2D eigenvalue weighted by molar-refractivity contribution is -0.143. The van der Waals surface area contributed by atoms with Gasteiger partial charge in [-0.25, -0.2) is 4.98 Å². The Balaban J connectivity index is 1.70. The molecule has 126 valence electrons. The first kappa shape index (κ1) is 16.2. The van der Waals surface area contributed by atoms with E-state index in [2.05, 4.69) is 10.3 Å². The van der Waals surface area contributed by atoms with Gasteiger partial charge >= 0.3 is 5.97 Å². The van der Waals surface area contributed by atoms with Crippen LogP contribution in [0, 0.1) is 0 Å². The topological polar surface area (TPSA) is 95.7 Å². The molecule has 24 heavy (non-hydrogen) atoms. The first-order valence-corrected chi connectivity index (χ1v) is 7.82. The van der Waals surface area contributed by atoms with E-state index in [4.69, 9.17) is 4.42 Å². The third-order valence-electron chi connectivity index (χ3n) is 4.24. The quantitative estimate of drug-likeness (QED) is 0.832. The van der Waals surface area contributed by atoms with Crippen LogP contribution in [0.15, 0.2) is 47.4 Å². The average molecular weight is 329 g/mol. The molecule has 1 aromatic carbocycles. The third-order valence-corrected chi connectivity index (χ3v) is 4.24. The number of benzene rings is 1. The van der Waals surface area contributed by atoms with Gasteiger partial charge in [-0.2, -0.15) is 0 Å². The van der Waals surface area contributed by atoms with Gasteiger partial charge in [0.25, 0.3) is 0 Å². The van der Waals surface area contributed by atoms with Gasteiger partial charge < -0.3 is 14.8 Å². The molecule has 1 aromatic heterocycles. The Bertz CT molecular complexity index is 687. The number of aliphatic carboxylic acids is 1. The monoisotopic (exact) mass is 329 g/mol. The Morgan fingerprint density at radius 2 is 2.00 bits per heavy atom. The van der Waals surface area contributed by atoms with Gasteiger partial charge in [0, 0.05) is 6.54 Å². The summed E-state index contributed by atoms with van der Waals surface area (Å²) in [5.74, 6) is -1.07. The summed E-state index contributed by atoms with van der Waals surface area (Å²) in [5, 5.41) is 12.3. The molecule has 2 aromatic rings. The molecule has 3 rings (SSSR count). The summed E-state index contributed by atoms with van der Waals surface area (Å²) in [4.78, 5) is 29.7. The highest BCUT2D eigenvalue weighted by Gasteiger charge is 2.41. The fourth-order valence-electron chi connectivity index (χ4n) is 3.05. The number of hydrogen-bond acceptors (Lipinski definition) is 5. The van der Waals surface area contributed by atoms with Gasteiger partial charge in [-0.1, -0.05) is 30.3 Å². The van der Waals surface area contributed by atoms with Crippen molar-refractivity contribution in [2.24, 2.45) is 0 Å². The standard InChI is InChI=1S/C17H19N3O4/c21-16(18-8-13-10-24-11-19-13)14-6-7-15(17(22)23)20(14)9-12-4-2-1-3-5-12/h1-5,10-11,14-15H,6-9H2,(H,18,21)(H,22,23). The fraction of sp³-hybridized carbons (Fsp3) is 0.353. The van der Waals surface area contributed by atoms with Crippen LogP contribution in [0.1, 0.15) is 24.1 Å². The number of likely N-dealkylation sites (tertiary alicyclic amines) is 1. The molecular weight excluding hydrogens is 310 g/mol. The summed E-state index contributed by atoms with van der Waals surface area (Å²) in [6, 6.07) is 8.47. The fourth-order valence-corrected chi connectivity index (χ4v) is 3.05. The van der Waals surface area contributed by atoms with Crippen LogP contribution in [-0.2, 0) is 22.7 Å². The van der Waals surface area contributed by atoms with E-state index in [1.807, 2.05) is 30.3 Å². The van der Waals surface area contributed by atoms with Gasteiger partial charge in [0.1, 0.15) is 12.3 Å². The maximum atomic E-state index is 12.5. The molecule has 0 radical (unpaired) electrons. The molecule has 0 bridgehead atoms. The smallest absolute Gasteiger partial charge is 0.320 e. The van der Waals surface area contributed by atoms with E-state index in [0.717, 1.165) is 5.56 Å². The zero-order valence-electron chi connectivity index (χ0n) is 13.1. The molecule has 2 atom stereocenters. The van der Waals surface area contributed by atoms with Crippen molar-refractivity contribution in [1.29, 1.82) is 0 Å². The molecule has 0 spiro atoms. The summed E-state index contributed by atoms with van der Waals surface area (Å²) in [5.41, 5.74) is 1.62. The van der Waals surface area contributed by atoms with Gasteiger partial charge in [0.2, 0.25) is 5.91 Å². The molecule has 2 unspecified atom stereocenters. The summed E-state index contributed by atoms with van der Waals surface area (Å²) in [6.45, 7) is 0.697. The van der Waals surface area contributed by atoms with Crippen LogP contribution in [-0.4, -0.2) is 39.0 Å². The normalized spacial score (nSPS) is 20.8. The minimum Gasteiger partial charge on any atom is -0.480 e. The lowest BCUT2D eigenvalue weighted by Crippen LogP contribution is -2.47. The van der Waals surface area contributed by atoms with Gasteiger partial charge in [-0.15, -0.1) is 0 Å². The number of amides is 1. The molecule has 2 N–H and O–H groups in total. The molecule has 0 aliphatic carbocycles. The summed E-state index contributed by atoms with van der Waals surface area (Å²) in [7, 11) is 0. The summed E-state index contributed by atoms with van der Waals surface area (Å²) < 4.78 is 4.87. The first-order chi connectivity index (χ1) is 11.6. The lowest BCUT2D eigenvalue weighted by Gasteiger charge is -2.27. The third kappa shape index (κ3) is 3.62. The number of oxazole rings is 1. The summed E-state index contributed by atoms with van der Waals surface area (Å²) >= 11 is 0. The van der Waals surface area contributed by atoms with Crippen molar-refractivity contribution < 1.29 is 19.1 Å². The van der Waals surface area contributed by atoms with Crippen LogP contribution in [0.25, 0.3) is 0 Å². The van der Waals surface area contributed by atoms with Crippen molar-refractivity contribution in [2.45, 2.75) is 38.0 Å². The van der Waals surface area contributed by atoms with Crippen LogP contribution >= 0.6 is 0 Å². The highest BCUT2D eigenvalue weighted by atomic mass is 16.4. The minimum atomic E-state index is -0.891. The first-order valence-electron chi connectivity index (χ1n) is 7.82. The molecule has 1 saturated heterocycles. The van der Waals surface area contributed by atoms with Gasteiger partial charge in [-0.3, -0.25) is 14.5 Å². The van der Waals surface area contributed by atoms with Crippen molar-refractivity contribution in [2.75, 3.05) is 0 Å². The number of carbonyl (C=O) groups is 2. The second kappa shape index (κ2) is 7.27. The van der Waals surface area contributed by atoms with E-state index >= 15 is 0 Å². The average Bonchev–Trinajstić information content (AvgIpc) is 3.23. The molecule has 7 heteroatoms. The highest BCUT2D eigenvalue weighted by Crippen LogP contribution is 2.27. The number of nitrogens with one attached hydrogen (secondary N) is 1. The second-order valence-electron chi connectivity index (χ2n) is 5.80. The van der Waals surface area contributed by atoms with Crippen LogP contribution in [0.2, 0.25) is 0 Å². The molecule has 7 nitrogen and oxygen atoms in total. The molecule has 0 saturated carbocycles. The zero-order valence-corrected chi connectivity index (χ0v) is 13.1. The van der Waals surface area contributed by atoms with Gasteiger partial charge in [-0.05, 0) is 18.4 Å². The Morgan fingerprint density at radius 1 is 1.25 bits per heavy atom. The SMILES string of the molecule is O=C(O)C1CCC(C(=O)NCc2cocn2)N1Cc1ccccc1. The van der Waals surface area contributed by atoms with Crippen molar-refractivity contribution in [3.05, 3.63) is 54.2 Å². The van der Waals surface area contributed by atoms with E-state index in [9.17, 15) is 14.7 Å². The Hall–Kier alpha value is -2.67. The second-order valence-corrected chi connectivity index (χ2v) is 5.80. The van der Waals surface area contributed by atoms with Gasteiger partial charge in [0.05, 0.1) is 18.3 Å². The predicted molar refractivity (Wildman–Crippen MR) is 84.8 cm³/mol. The molecule has 1 amide bonds. The van der Waals surface area contributed by atoms with Crippen LogP contribution in [0.4, 0.5) is 0 Å². The van der Waals surface area contributed by atoms with E-state index in [1.54, 1.807) is 4.90 Å². The molecule has 1 aliphatic rings. The van der Waals surface area contributed by atoms with E-state index in [-0.39, 0.29) is 12.5 Å². The molecule has 1 aliphatic heterocycles. The molecule has 2 heterocycles.